The van der Waals surface area contributed by atoms with Crippen LogP contribution in [0.4, 0.5) is 5.95 Å². The molecule has 0 saturated heterocycles. The van der Waals surface area contributed by atoms with E-state index in [2.05, 4.69) is 50.0 Å². The van der Waals surface area contributed by atoms with Crippen LogP contribution < -0.4 is 10.1 Å². The Labute approximate surface area is 117 Å². The minimum atomic E-state index is 0.549. The highest BCUT2D eigenvalue weighted by atomic mass is 79.9. The van der Waals surface area contributed by atoms with Gasteiger partial charge in [0.05, 0.1) is 17.8 Å². The van der Waals surface area contributed by atoms with Crippen LogP contribution in [0, 0.1) is 0 Å². The van der Waals surface area contributed by atoms with Gasteiger partial charge >= 0.3 is 0 Å². The third kappa shape index (κ3) is 4.78. The topological polar surface area (TPSA) is 50.3 Å². The molecule has 1 aromatic rings. The Morgan fingerprint density at radius 2 is 2.17 bits per heavy atom. The summed E-state index contributed by atoms with van der Waals surface area (Å²) < 4.78 is 5.89. The molecule has 5 nitrogen and oxygen atoms in total. The van der Waals surface area contributed by atoms with Crippen molar-refractivity contribution in [2.45, 2.75) is 20.3 Å². The Morgan fingerprint density at radius 1 is 1.39 bits per heavy atom. The van der Waals surface area contributed by atoms with Crippen molar-refractivity contribution in [3.63, 3.8) is 0 Å². The average molecular weight is 317 g/mol. The fourth-order valence-electron chi connectivity index (χ4n) is 1.65. The molecule has 18 heavy (non-hydrogen) atoms. The van der Waals surface area contributed by atoms with Crippen LogP contribution in [0.15, 0.2) is 10.7 Å². The van der Waals surface area contributed by atoms with E-state index in [1.54, 1.807) is 13.3 Å². The molecular formula is C12H21BrN4O. The molecular weight excluding hydrogens is 296 g/mol. The monoisotopic (exact) mass is 316 g/mol. The first-order chi connectivity index (χ1) is 8.71. The number of halogens is 1. The Hall–Kier alpha value is -0.880. The number of nitrogens with zero attached hydrogens (tertiary/aromatic N) is 3. The van der Waals surface area contributed by atoms with Crippen LogP contribution in [-0.2, 0) is 0 Å². The van der Waals surface area contributed by atoms with Gasteiger partial charge in [-0.25, -0.2) is 4.98 Å². The van der Waals surface area contributed by atoms with Crippen LogP contribution in [0.5, 0.6) is 5.88 Å². The lowest BCUT2D eigenvalue weighted by Gasteiger charge is -2.19. The normalized spacial score (nSPS) is 10.7. The second kappa shape index (κ2) is 8.26. The molecule has 0 unspecified atom stereocenters. The number of anilines is 1. The average Bonchev–Trinajstić information content (AvgIpc) is 2.39. The highest BCUT2D eigenvalue weighted by Gasteiger charge is 2.05. The second-order valence-electron chi connectivity index (χ2n) is 3.91. The molecule has 1 aromatic heterocycles. The van der Waals surface area contributed by atoms with Crippen LogP contribution >= 0.6 is 15.9 Å². The van der Waals surface area contributed by atoms with Crippen molar-refractivity contribution < 1.29 is 4.74 Å². The molecule has 6 heteroatoms. The molecule has 0 bridgehead atoms. The van der Waals surface area contributed by atoms with Gasteiger partial charge in [-0.05, 0) is 35.4 Å². The van der Waals surface area contributed by atoms with Crippen molar-refractivity contribution in [2.75, 3.05) is 38.6 Å². The number of ether oxygens (including phenoxy) is 1. The number of methoxy groups -OCH3 is 1. The summed E-state index contributed by atoms with van der Waals surface area (Å²) in [6.07, 6.45) is 2.87. The number of aromatic nitrogens is 2. The summed E-state index contributed by atoms with van der Waals surface area (Å²) in [5, 5.41) is 3.21. The summed E-state index contributed by atoms with van der Waals surface area (Å²) in [6, 6.07) is 0. The molecule has 0 saturated carbocycles. The van der Waals surface area contributed by atoms with E-state index in [-0.39, 0.29) is 0 Å². The summed E-state index contributed by atoms with van der Waals surface area (Å²) in [4.78, 5) is 10.8. The number of hydrogen-bond donors (Lipinski definition) is 1. The Bertz CT molecular complexity index is 362. The number of nitrogens with one attached hydrogen (secondary N) is 1. The lowest BCUT2D eigenvalue weighted by Crippen LogP contribution is -2.29. The Kier molecular flexibility index (Phi) is 6.97. The van der Waals surface area contributed by atoms with Crippen LogP contribution in [0.25, 0.3) is 0 Å². The van der Waals surface area contributed by atoms with E-state index < -0.39 is 0 Å². The molecule has 0 amide bonds. The van der Waals surface area contributed by atoms with Crippen LogP contribution in [0.2, 0.25) is 0 Å². The van der Waals surface area contributed by atoms with Gasteiger partial charge in [0, 0.05) is 13.1 Å². The van der Waals surface area contributed by atoms with Crippen LogP contribution in [0.3, 0.4) is 0 Å². The molecule has 0 spiro atoms. The smallest absolute Gasteiger partial charge is 0.232 e. The molecule has 102 valence electrons. The quantitative estimate of drug-likeness (QED) is 0.798. The van der Waals surface area contributed by atoms with Gasteiger partial charge in [-0.2, -0.15) is 4.98 Å². The predicted molar refractivity (Wildman–Crippen MR) is 77.2 cm³/mol. The fourth-order valence-corrected chi connectivity index (χ4v) is 2.00. The van der Waals surface area contributed by atoms with Crippen LogP contribution in [0.1, 0.15) is 20.3 Å². The number of likely N-dealkylation sites (N-methyl/N-ethyl adjacent to an activating group) is 1. The second-order valence-corrected chi connectivity index (χ2v) is 4.77. The molecule has 0 aromatic carbocycles. The van der Waals surface area contributed by atoms with E-state index in [1.807, 2.05) is 0 Å². The van der Waals surface area contributed by atoms with Gasteiger partial charge in [-0.1, -0.05) is 13.8 Å². The first-order valence-corrected chi connectivity index (χ1v) is 7.03. The van der Waals surface area contributed by atoms with Crippen molar-refractivity contribution in [3.05, 3.63) is 10.7 Å². The summed E-state index contributed by atoms with van der Waals surface area (Å²) in [6.45, 7) is 8.39. The van der Waals surface area contributed by atoms with Gasteiger partial charge in [-0.3, -0.25) is 0 Å². The fraction of sp³-hybridized carbons (Fsp3) is 0.667. The summed E-state index contributed by atoms with van der Waals surface area (Å²) in [7, 11) is 1.59. The van der Waals surface area contributed by atoms with Crippen molar-refractivity contribution in [2.24, 2.45) is 0 Å². The molecule has 0 aliphatic heterocycles. The molecule has 0 atom stereocenters. The molecule has 0 aliphatic carbocycles. The zero-order valence-corrected chi connectivity index (χ0v) is 12.8. The first-order valence-electron chi connectivity index (χ1n) is 6.24. The highest BCUT2D eigenvalue weighted by molar-refractivity contribution is 9.10. The van der Waals surface area contributed by atoms with Gasteiger partial charge in [0.1, 0.15) is 0 Å². The highest BCUT2D eigenvalue weighted by Crippen LogP contribution is 2.21. The summed E-state index contributed by atoms with van der Waals surface area (Å²) >= 11 is 3.33. The van der Waals surface area contributed by atoms with E-state index in [1.165, 1.54) is 6.42 Å². The number of rotatable bonds is 8. The van der Waals surface area contributed by atoms with Crippen molar-refractivity contribution in [1.82, 2.24) is 14.9 Å². The van der Waals surface area contributed by atoms with Gasteiger partial charge in [0.2, 0.25) is 11.8 Å². The van der Waals surface area contributed by atoms with Gasteiger partial charge in [0.25, 0.3) is 0 Å². The standard InChI is InChI=1S/C12H21BrN4O/c1-4-7-17(5-2)8-6-14-12-15-9-10(13)11(16-12)18-3/h9H,4-8H2,1-3H3,(H,14,15,16). The maximum absolute atomic E-state index is 5.12. The molecule has 1 N–H and O–H groups in total. The maximum atomic E-state index is 5.12. The van der Waals surface area contributed by atoms with E-state index in [0.717, 1.165) is 30.7 Å². The summed E-state index contributed by atoms with van der Waals surface area (Å²) in [5.74, 6) is 1.15. The largest absolute Gasteiger partial charge is 0.480 e. The lowest BCUT2D eigenvalue weighted by atomic mass is 10.4. The molecule has 0 radical (unpaired) electrons. The maximum Gasteiger partial charge on any atom is 0.232 e. The molecule has 1 heterocycles. The molecule has 1 rings (SSSR count). The zero-order valence-electron chi connectivity index (χ0n) is 11.2. The van der Waals surface area contributed by atoms with Crippen LogP contribution in [-0.4, -0.2) is 48.2 Å². The van der Waals surface area contributed by atoms with Crippen molar-refractivity contribution >= 4 is 21.9 Å². The Balaban J connectivity index is 2.43. The van der Waals surface area contributed by atoms with E-state index in [9.17, 15) is 0 Å². The Morgan fingerprint density at radius 3 is 2.78 bits per heavy atom. The van der Waals surface area contributed by atoms with E-state index >= 15 is 0 Å². The minimum Gasteiger partial charge on any atom is -0.480 e. The van der Waals surface area contributed by atoms with Crippen molar-refractivity contribution in [3.8, 4) is 5.88 Å². The first kappa shape index (κ1) is 15.2. The van der Waals surface area contributed by atoms with Gasteiger partial charge in [-0.15, -0.1) is 0 Å². The molecule has 0 fully saturated rings. The predicted octanol–water partition coefficient (Wildman–Crippen LogP) is 2.39. The number of hydrogen-bond acceptors (Lipinski definition) is 5. The van der Waals surface area contributed by atoms with Gasteiger partial charge < -0.3 is 15.0 Å². The minimum absolute atomic E-state index is 0.549. The SMILES string of the molecule is CCCN(CC)CCNc1ncc(Br)c(OC)n1. The third-order valence-electron chi connectivity index (χ3n) is 2.60. The lowest BCUT2D eigenvalue weighted by molar-refractivity contribution is 0.299. The molecule has 0 aliphatic rings. The zero-order chi connectivity index (χ0) is 13.4. The summed E-state index contributed by atoms with van der Waals surface area (Å²) in [5.41, 5.74) is 0. The van der Waals surface area contributed by atoms with E-state index in [4.69, 9.17) is 4.74 Å². The van der Waals surface area contributed by atoms with Gasteiger partial charge in [0.15, 0.2) is 0 Å². The third-order valence-corrected chi connectivity index (χ3v) is 3.15. The van der Waals surface area contributed by atoms with E-state index in [0.29, 0.717) is 11.8 Å². The van der Waals surface area contributed by atoms with Crippen molar-refractivity contribution in [1.29, 1.82) is 0 Å².